The Morgan fingerprint density at radius 2 is 1.91 bits per heavy atom. The number of benzene rings is 2. The van der Waals surface area contributed by atoms with Gasteiger partial charge in [-0.2, -0.15) is 0 Å². The van der Waals surface area contributed by atoms with E-state index in [-0.39, 0.29) is 11.7 Å². The second-order valence-electron chi connectivity index (χ2n) is 5.10. The summed E-state index contributed by atoms with van der Waals surface area (Å²) >= 11 is 0. The normalized spacial score (nSPS) is 13.3. The third-order valence-electron chi connectivity index (χ3n) is 3.21. The first kappa shape index (κ1) is 15.0. The van der Waals surface area contributed by atoms with Crippen LogP contribution in [-0.2, 0) is 14.3 Å². The zero-order valence-electron chi connectivity index (χ0n) is 12.7. The first-order valence-corrected chi connectivity index (χ1v) is 7.31. The zero-order chi connectivity index (χ0) is 16.1. The van der Waals surface area contributed by atoms with E-state index in [1.54, 1.807) is 24.3 Å². The van der Waals surface area contributed by atoms with Crippen molar-refractivity contribution >= 4 is 11.6 Å². The number of amides is 1. The van der Waals surface area contributed by atoms with Crippen molar-refractivity contribution < 1.29 is 19.0 Å². The molecule has 0 saturated heterocycles. The van der Waals surface area contributed by atoms with Crippen LogP contribution in [0.15, 0.2) is 60.6 Å². The van der Waals surface area contributed by atoms with Crippen LogP contribution < -0.4 is 10.1 Å². The smallest absolute Gasteiger partial charge is 0.294 e. The summed E-state index contributed by atoms with van der Waals surface area (Å²) in [5.74, 6) is 1.32. The fourth-order valence-electron chi connectivity index (χ4n) is 2.10. The Morgan fingerprint density at radius 3 is 2.61 bits per heavy atom. The monoisotopic (exact) mass is 311 g/mol. The molecule has 2 aromatic carbocycles. The molecule has 1 N–H and O–H groups in total. The summed E-state index contributed by atoms with van der Waals surface area (Å²) < 4.78 is 16.1. The number of carbonyl (C=O) groups is 1. The number of aryl methyl sites for hydroxylation is 1. The number of rotatable bonds is 4. The van der Waals surface area contributed by atoms with E-state index in [1.807, 2.05) is 31.2 Å². The van der Waals surface area contributed by atoms with E-state index in [0.717, 1.165) is 11.3 Å². The van der Waals surface area contributed by atoms with Gasteiger partial charge in [-0.05, 0) is 48.9 Å². The highest BCUT2D eigenvalue weighted by atomic mass is 16.6. The minimum Gasteiger partial charge on any atom is -0.494 e. The average Bonchev–Trinajstić information content (AvgIpc) is 2.57. The molecule has 1 aliphatic rings. The highest BCUT2D eigenvalue weighted by Crippen LogP contribution is 2.24. The molecule has 1 heterocycles. The van der Waals surface area contributed by atoms with Crippen LogP contribution in [0.2, 0.25) is 0 Å². The number of anilines is 1. The van der Waals surface area contributed by atoms with E-state index in [9.17, 15) is 4.79 Å². The lowest BCUT2D eigenvalue weighted by Gasteiger charge is -2.15. The summed E-state index contributed by atoms with van der Waals surface area (Å²) in [6.07, 6.45) is 1.33. The summed E-state index contributed by atoms with van der Waals surface area (Å²) in [4.78, 5) is 12.0. The molecule has 5 nitrogen and oxygen atoms in total. The maximum atomic E-state index is 12.0. The number of ether oxygens (including phenoxy) is 3. The molecule has 1 aliphatic heterocycles. The number of nitrogens with one attached hydrogen (secondary N) is 1. The van der Waals surface area contributed by atoms with E-state index >= 15 is 0 Å². The van der Waals surface area contributed by atoms with Crippen LogP contribution >= 0.6 is 0 Å². The minimum absolute atomic E-state index is 0.177. The van der Waals surface area contributed by atoms with Crippen molar-refractivity contribution in [3.05, 3.63) is 66.1 Å². The van der Waals surface area contributed by atoms with Crippen LogP contribution in [0.1, 0.15) is 5.56 Å². The number of carbonyl (C=O) groups excluding carboxylic acids is 1. The van der Waals surface area contributed by atoms with Gasteiger partial charge in [0.15, 0.2) is 0 Å². The highest BCUT2D eigenvalue weighted by Gasteiger charge is 2.15. The lowest BCUT2D eigenvalue weighted by Crippen LogP contribution is -2.21. The predicted octanol–water partition coefficient (Wildman–Crippen LogP) is 3.61. The Morgan fingerprint density at radius 1 is 1.09 bits per heavy atom. The molecule has 0 aromatic heterocycles. The van der Waals surface area contributed by atoms with Crippen molar-refractivity contribution in [3.63, 3.8) is 0 Å². The molecule has 0 aliphatic carbocycles. The maximum Gasteiger partial charge on any atom is 0.294 e. The predicted molar refractivity (Wildman–Crippen MR) is 86.3 cm³/mol. The molecule has 5 heteroatoms. The summed E-state index contributed by atoms with van der Waals surface area (Å²) in [6, 6.07) is 14.9. The fraction of sp³-hybridized carbons (Fsp3) is 0.167. The quantitative estimate of drug-likeness (QED) is 0.937. The molecule has 1 amide bonds. The summed E-state index contributed by atoms with van der Waals surface area (Å²) in [6.45, 7) is 2.85. The van der Waals surface area contributed by atoms with Crippen LogP contribution in [0.4, 0.5) is 5.69 Å². The molecule has 0 radical (unpaired) electrons. The van der Waals surface area contributed by atoms with E-state index in [2.05, 4.69) is 5.32 Å². The van der Waals surface area contributed by atoms with Crippen molar-refractivity contribution in [2.24, 2.45) is 0 Å². The van der Waals surface area contributed by atoms with Crippen molar-refractivity contribution in [3.8, 4) is 11.5 Å². The van der Waals surface area contributed by atoms with Gasteiger partial charge in [0.05, 0.1) is 0 Å². The molecule has 0 fully saturated rings. The topological polar surface area (TPSA) is 56.8 Å². The van der Waals surface area contributed by atoms with Gasteiger partial charge in [-0.3, -0.25) is 4.79 Å². The Bertz CT molecular complexity index is 722. The Kier molecular flexibility index (Phi) is 4.47. The molecule has 23 heavy (non-hydrogen) atoms. The van der Waals surface area contributed by atoms with Crippen LogP contribution in [-0.4, -0.2) is 19.1 Å². The molecule has 0 atom stereocenters. The molecule has 118 valence electrons. The first-order valence-electron chi connectivity index (χ1n) is 7.31. The molecule has 0 spiro atoms. The fourth-order valence-corrected chi connectivity index (χ4v) is 2.10. The van der Waals surface area contributed by atoms with Gasteiger partial charge in [-0.15, -0.1) is 0 Å². The molecule has 0 bridgehead atoms. The van der Waals surface area contributed by atoms with E-state index in [4.69, 9.17) is 14.2 Å². The SMILES string of the molecule is Cc1cccc(Oc2ccc(NC(=O)C3=COCCO3)cc2)c1. The van der Waals surface area contributed by atoms with Gasteiger partial charge in [0, 0.05) is 5.69 Å². The molecular weight excluding hydrogens is 294 g/mol. The Labute approximate surface area is 134 Å². The lowest BCUT2D eigenvalue weighted by atomic mass is 10.2. The largest absolute Gasteiger partial charge is 0.494 e. The second kappa shape index (κ2) is 6.87. The molecule has 0 unspecified atom stereocenters. The number of hydrogen-bond acceptors (Lipinski definition) is 4. The third kappa shape index (κ3) is 4.03. The van der Waals surface area contributed by atoms with Crippen molar-refractivity contribution in [1.29, 1.82) is 0 Å². The van der Waals surface area contributed by atoms with Gasteiger partial charge in [-0.25, -0.2) is 0 Å². The molecule has 2 aromatic rings. The summed E-state index contributed by atoms with van der Waals surface area (Å²) in [5.41, 5.74) is 1.79. The third-order valence-corrected chi connectivity index (χ3v) is 3.21. The van der Waals surface area contributed by atoms with Gasteiger partial charge < -0.3 is 19.5 Å². The Balaban J connectivity index is 1.63. The number of hydrogen-bond donors (Lipinski definition) is 1. The average molecular weight is 311 g/mol. The second-order valence-corrected chi connectivity index (χ2v) is 5.10. The van der Waals surface area contributed by atoms with Crippen molar-refractivity contribution in [2.75, 3.05) is 18.5 Å². The van der Waals surface area contributed by atoms with Crippen LogP contribution in [0.3, 0.4) is 0 Å². The van der Waals surface area contributed by atoms with Crippen LogP contribution in [0, 0.1) is 6.92 Å². The van der Waals surface area contributed by atoms with Crippen LogP contribution in [0.5, 0.6) is 11.5 Å². The summed E-state index contributed by atoms with van der Waals surface area (Å²) in [5, 5.41) is 2.74. The van der Waals surface area contributed by atoms with Gasteiger partial charge in [0.25, 0.3) is 5.91 Å². The van der Waals surface area contributed by atoms with Crippen LogP contribution in [0.25, 0.3) is 0 Å². The van der Waals surface area contributed by atoms with Crippen molar-refractivity contribution in [2.45, 2.75) is 6.92 Å². The standard InChI is InChI=1S/C18H17NO4/c1-13-3-2-4-16(11-13)23-15-7-5-14(6-8-15)19-18(20)17-12-21-9-10-22-17/h2-8,11-12H,9-10H2,1H3,(H,19,20). The molecule has 3 rings (SSSR count). The van der Waals surface area contributed by atoms with Gasteiger partial charge in [0.1, 0.15) is 31.0 Å². The first-order chi connectivity index (χ1) is 11.2. The van der Waals surface area contributed by atoms with E-state index in [1.165, 1.54) is 6.26 Å². The van der Waals surface area contributed by atoms with Gasteiger partial charge >= 0.3 is 0 Å². The molecular formula is C18H17NO4. The van der Waals surface area contributed by atoms with E-state index in [0.29, 0.717) is 24.7 Å². The summed E-state index contributed by atoms with van der Waals surface area (Å²) in [7, 11) is 0. The highest BCUT2D eigenvalue weighted by molar-refractivity contribution is 6.02. The van der Waals surface area contributed by atoms with Crippen molar-refractivity contribution in [1.82, 2.24) is 0 Å². The Hall–Kier alpha value is -2.95. The zero-order valence-corrected chi connectivity index (χ0v) is 12.7. The lowest BCUT2D eigenvalue weighted by molar-refractivity contribution is -0.117. The van der Waals surface area contributed by atoms with Gasteiger partial charge in [-0.1, -0.05) is 12.1 Å². The maximum absolute atomic E-state index is 12.0. The molecule has 0 saturated carbocycles. The van der Waals surface area contributed by atoms with E-state index < -0.39 is 0 Å². The minimum atomic E-state index is -0.336. The van der Waals surface area contributed by atoms with Gasteiger partial charge in [0.2, 0.25) is 5.76 Å².